The van der Waals surface area contributed by atoms with Crippen LogP contribution in [0.15, 0.2) is 47.3 Å². The van der Waals surface area contributed by atoms with E-state index in [9.17, 15) is 4.79 Å². The molecule has 0 bridgehead atoms. The van der Waals surface area contributed by atoms with Crippen molar-refractivity contribution in [1.29, 1.82) is 0 Å². The van der Waals surface area contributed by atoms with Gasteiger partial charge in [-0.15, -0.1) is 0 Å². The van der Waals surface area contributed by atoms with Crippen molar-refractivity contribution >= 4 is 5.91 Å². The summed E-state index contributed by atoms with van der Waals surface area (Å²) in [6.07, 6.45) is 8.42. The van der Waals surface area contributed by atoms with E-state index in [0.29, 0.717) is 24.3 Å². The van der Waals surface area contributed by atoms with E-state index >= 15 is 0 Å². The van der Waals surface area contributed by atoms with Gasteiger partial charge in [0.05, 0.1) is 12.5 Å². The van der Waals surface area contributed by atoms with Crippen molar-refractivity contribution in [1.82, 2.24) is 20.0 Å². The Hall–Kier alpha value is -2.86. The minimum atomic E-state index is -0.0152. The Morgan fingerprint density at radius 1 is 1.19 bits per heavy atom. The fraction of sp³-hybridized carbons (Fsp3) is 0.440. The Morgan fingerprint density at radius 3 is 2.65 bits per heavy atom. The monoisotopic (exact) mass is 418 g/mol. The molecule has 162 valence electrons. The van der Waals surface area contributed by atoms with Crippen LogP contribution in [-0.4, -0.2) is 39.7 Å². The molecule has 2 aliphatic rings. The molecule has 3 aromatic rings. The summed E-state index contributed by atoms with van der Waals surface area (Å²) in [5.74, 6) is -0.0152. The maximum Gasteiger partial charge on any atom is 0.274 e. The first-order valence-electron chi connectivity index (χ1n) is 11.3. The molecule has 5 rings (SSSR count). The molecule has 0 saturated heterocycles. The predicted octanol–water partition coefficient (Wildman–Crippen LogP) is 3.38. The fourth-order valence-electron chi connectivity index (χ4n) is 5.18. The van der Waals surface area contributed by atoms with Gasteiger partial charge in [-0.25, -0.2) is 0 Å². The van der Waals surface area contributed by atoms with E-state index in [0.717, 1.165) is 49.8 Å². The van der Waals surface area contributed by atoms with Crippen LogP contribution >= 0.6 is 0 Å². The van der Waals surface area contributed by atoms with Crippen LogP contribution in [0.5, 0.6) is 0 Å². The number of nitrogens with zero attached hydrogens (tertiary/aromatic N) is 3. The number of nitrogens with one attached hydrogen (secondary N) is 1. The summed E-state index contributed by atoms with van der Waals surface area (Å²) in [5, 5.41) is 8.62. The lowest BCUT2D eigenvalue weighted by Gasteiger charge is -2.27. The zero-order valence-corrected chi connectivity index (χ0v) is 18.3. The molecule has 0 spiro atoms. The minimum Gasteiger partial charge on any atom is -0.472 e. The van der Waals surface area contributed by atoms with Gasteiger partial charge in [0.1, 0.15) is 0 Å². The lowest BCUT2D eigenvalue weighted by atomic mass is 9.90. The number of hydrogen-bond donors (Lipinski definition) is 1. The second-order valence-electron chi connectivity index (χ2n) is 8.86. The van der Waals surface area contributed by atoms with Gasteiger partial charge < -0.3 is 14.6 Å². The standard InChI is InChI=1S/C25H30N4O2/c1-3-29-23-9-8-20(26-21-12-18-6-4-5-7-19(18)13-21)14-22(23)24(27-29)25(30)28(2)15-17-10-11-31-16-17/h4-7,10-11,16,20-21,26H,3,8-9,12-15H2,1-2H3. The first kappa shape index (κ1) is 20.1. The van der Waals surface area contributed by atoms with E-state index < -0.39 is 0 Å². The third-order valence-electron chi connectivity index (χ3n) is 6.72. The van der Waals surface area contributed by atoms with Crippen molar-refractivity contribution in [2.45, 2.75) is 64.2 Å². The molecular weight excluding hydrogens is 388 g/mol. The molecule has 1 aromatic carbocycles. The normalized spacial score (nSPS) is 18.1. The number of hydrogen-bond acceptors (Lipinski definition) is 4. The molecule has 0 aliphatic heterocycles. The van der Waals surface area contributed by atoms with Crippen LogP contribution in [0.25, 0.3) is 0 Å². The molecule has 6 heteroatoms. The number of rotatable bonds is 6. The quantitative estimate of drug-likeness (QED) is 0.667. The van der Waals surface area contributed by atoms with Crippen molar-refractivity contribution in [3.63, 3.8) is 0 Å². The third kappa shape index (κ3) is 3.92. The Kier molecular flexibility index (Phi) is 5.40. The van der Waals surface area contributed by atoms with Crippen LogP contribution in [0.2, 0.25) is 0 Å². The lowest BCUT2D eigenvalue weighted by Crippen LogP contribution is -2.42. The molecule has 31 heavy (non-hydrogen) atoms. The van der Waals surface area contributed by atoms with Crippen molar-refractivity contribution in [3.05, 3.63) is 76.5 Å². The first-order chi connectivity index (χ1) is 15.1. The number of amides is 1. The maximum atomic E-state index is 13.3. The summed E-state index contributed by atoms with van der Waals surface area (Å²) in [5.41, 5.74) is 6.89. The van der Waals surface area contributed by atoms with E-state index in [4.69, 9.17) is 9.52 Å². The number of carbonyl (C=O) groups excluding carboxylic acids is 1. The summed E-state index contributed by atoms with van der Waals surface area (Å²) in [4.78, 5) is 15.0. The zero-order valence-electron chi connectivity index (χ0n) is 18.3. The van der Waals surface area contributed by atoms with Crippen molar-refractivity contribution in [3.8, 4) is 0 Å². The Bertz CT molecular complexity index is 1040. The summed E-state index contributed by atoms with van der Waals surface area (Å²) < 4.78 is 7.17. The second kappa shape index (κ2) is 8.35. The number of carbonyl (C=O) groups is 1. The lowest BCUT2D eigenvalue weighted by molar-refractivity contribution is 0.0777. The molecule has 0 saturated carbocycles. The van der Waals surface area contributed by atoms with Crippen LogP contribution in [0.1, 0.15) is 51.8 Å². The smallest absolute Gasteiger partial charge is 0.274 e. The van der Waals surface area contributed by atoms with Gasteiger partial charge >= 0.3 is 0 Å². The number of aromatic nitrogens is 2. The highest BCUT2D eigenvalue weighted by molar-refractivity contribution is 5.94. The molecule has 1 unspecified atom stereocenters. The fourth-order valence-corrected chi connectivity index (χ4v) is 5.18. The second-order valence-corrected chi connectivity index (χ2v) is 8.86. The highest BCUT2D eigenvalue weighted by Gasteiger charge is 2.32. The van der Waals surface area contributed by atoms with Crippen LogP contribution in [0, 0.1) is 0 Å². The largest absolute Gasteiger partial charge is 0.472 e. The number of benzene rings is 1. The van der Waals surface area contributed by atoms with Crippen LogP contribution in [-0.2, 0) is 38.8 Å². The summed E-state index contributed by atoms with van der Waals surface area (Å²) in [6, 6.07) is 11.5. The highest BCUT2D eigenvalue weighted by Crippen LogP contribution is 2.28. The molecule has 2 aliphatic carbocycles. The topological polar surface area (TPSA) is 63.3 Å². The van der Waals surface area contributed by atoms with Gasteiger partial charge in [-0.1, -0.05) is 24.3 Å². The van der Waals surface area contributed by atoms with Crippen molar-refractivity contribution in [2.24, 2.45) is 0 Å². The molecule has 1 N–H and O–H groups in total. The highest BCUT2D eigenvalue weighted by atomic mass is 16.3. The number of furan rings is 1. The minimum absolute atomic E-state index is 0.0152. The first-order valence-corrected chi connectivity index (χ1v) is 11.3. The van der Waals surface area contributed by atoms with Gasteiger partial charge in [0.15, 0.2) is 5.69 Å². The van der Waals surface area contributed by atoms with Crippen molar-refractivity contribution < 1.29 is 9.21 Å². The van der Waals surface area contributed by atoms with E-state index in [1.807, 2.05) is 17.8 Å². The molecular formula is C25H30N4O2. The van der Waals surface area contributed by atoms with Gasteiger partial charge in [-0.05, 0) is 56.2 Å². The SMILES string of the molecule is CCn1nc(C(=O)N(C)Cc2ccoc2)c2c1CCC(NC1Cc3ccccc3C1)C2. The van der Waals surface area contributed by atoms with Crippen LogP contribution in [0.3, 0.4) is 0 Å². The van der Waals surface area contributed by atoms with Gasteiger partial charge in [0.2, 0.25) is 0 Å². The zero-order chi connectivity index (χ0) is 21.4. The Labute approximate surface area is 183 Å². The third-order valence-corrected chi connectivity index (χ3v) is 6.72. The summed E-state index contributed by atoms with van der Waals surface area (Å²) in [7, 11) is 1.83. The van der Waals surface area contributed by atoms with E-state index in [-0.39, 0.29) is 5.91 Å². The molecule has 0 fully saturated rings. The Balaban J connectivity index is 1.32. The number of aryl methyl sites for hydroxylation is 1. The molecule has 1 amide bonds. The van der Waals surface area contributed by atoms with Gasteiger partial charge in [0.25, 0.3) is 5.91 Å². The summed E-state index contributed by atoms with van der Waals surface area (Å²) in [6.45, 7) is 3.40. The average Bonchev–Trinajstić information content (AvgIpc) is 3.51. The molecule has 2 heterocycles. The van der Waals surface area contributed by atoms with E-state index in [1.54, 1.807) is 17.4 Å². The number of fused-ring (bicyclic) bond motifs is 2. The maximum absolute atomic E-state index is 13.3. The predicted molar refractivity (Wildman–Crippen MR) is 119 cm³/mol. The molecule has 0 radical (unpaired) electrons. The molecule has 6 nitrogen and oxygen atoms in total. The van der Waals surface area contributed by atoms with Gasteiger partial charge in [-0.2, -0.15) is 5.10 Å². The van der Waals surface area contributed by atoms with Crippen molar-refractivity contribution in [2.75, 3.05) is 7.05 Å². The average molecular weight is 419 g/mol. The van der Waals surface area contributed by atoms with E-state index in [1.165, 1.54) is 16.8 Å². The molecule has 2 aromatic heterocycles. The van der Waals surface area contributed by atoms with Crippen LogP contribution < -0.4 is 5.32 Å². The summed E-state index contributed by atoms with van der Waals surface area (Å²) >= 11 is 0. The van der Waals surface area contributed by atoms with Gasteiger partial charge in [-0.3, -0.25) is 9.48 Å². The van der Waals surface area contributed by atoms with Gasteiger partial charge in [0, 0.05) is 49.0 Å². The van der Waals surface area contributed by atoms with E-state index in [2.05, 4.69) is 36.5 Å². The molecule has 1 atom stereocenters. The Morgan fingerprint density at radius 2 is 1.97 bits per heavy atom. The van der Waals surface area contributed by atoms with Crippen LogP contribution in [0.4, 0.5) is 0 Å².